The molecule has 1 N–H and O–H groups in total. The van der Waals surface area contributed by atoms with Crippen LogP contribution in [-0.4, -0.2) is 34.4 Å². The molecule has 1 saturated carbocycles. The Morgan fingerprint density at radius 1 is 1.45 bits per heavy atom. The van der Waals surface area contributed by atoms with Gasteiger partial charge in [-0.1, -0.05) is 6.07 Å². The smallest absolute Gasteiger partial charge is 0.238 e. The molecule has 0 radical (unpaired) electrons. The Labute approximate surface area is 134 Å². The molecule has 0 spiro atoms. The van der Waals surface area contributed by atoms with Crippen LogP contribution in [0.4, 0.5) is 0 Å². The predicted octanol–water partition coefficient (Wildman–Crippen LogP) is 3.16. The molecule has 4 nitrogen and oxygen atoms in total. The van der Waals surface area contributed by atoms with Crippen molar-refractivity contribution in [3.05, 3.63) is 36.1 Å². The number of halogens is 1. The molecule has 0 aliphatic heterocycles. The first-order chi connectivity index (χ1) is 10.6. The predicted molar refractivity (Wildman–Crippen MR) is 85.7 cm³/mol. The number of fused-ring (bicyclic) bond motifs is 1. The SMILES string of the molecule is CC(N(Cc1ccc2occc2c1)C(=O)CCl)C1(CO)CC1. The van der Waals surface area contributed by atoms with Crippen molar-refractivity contribution in [1.82, 2.24) is 4.90 Å². The van der Waals surface area contributed by atoms with Gasteiger partial charge in [0.15, 0.2) is 0 Å². The van der Waals surface area contributed by atoms with Crippen LogP contribution < -0.4 is 0 Å². The zero-order valence-corrected chi connectivity index (χ0v) is 13.3. The average Bonchev–Trinajstić information content (AvgIpc) is 3.21. The van der Waals surface area contributed by atoms with E-state index in [1.165, 1.54) is 0 Å². The monoisotopic (exact) mass is 321 g/mol. The zero-order valence-electron chi connectivity index (χ0n) is 12.6. The lowest BCUT2D eigenvalue weighted by Crippen LogP contribution is -2.45. The normalized spacial score (nSPS) is 17.4. The van der Waals surface area contributed by atoms with Gasteiger partial charge in [-0.15, -0.1) is 11.6 Å². The van der Waals surface area contributed by atoms with Gasteiger partial charge in [0.2, 0.25) is 5.91 Å². The summed E-state index contributed by atoms with van der Waals surface area (Å²) in [7, 11) is 0. The summed E-state index contributed by atoms with van der Waals surface area (Å²) in [5.41, 5.74) is 1.72. The topological polar surface area (TPSA) is 53.7 Å². The Morgan fingerprint density at radius 3 is 2.86 bits per heavy atom. The average molecular weight is 322 g/mol. The van der Waals surface area contributed by atoms with E-state index in [9.17, 15) is 9.90 Å². The van der Waals surface area contributed by atoms with Crippen molar-refractivity contribution in [2.24, 2.45) is 5.41 Å². The minimum absolute atomic E-state index is 0.0243. The minimum Gasteiger partial charge on any atom is -0.464 e. The highest BCUT2D eigenvalue weighted by molar-refractivity contribution is 6.27. The lowest BCUT2D eigenvalue weighted by molar-refractivity contribution is -0.133. The number of amides is 1. The van der Waals surface area contributed by atoms with E-state index in [-0.39, 0.29) is 29.9 Å². The molecule has 0 bridgehead atoms. The number of carbonyl (C=O) groups is 1. The molecule has 1 aliphatic rings. The maximum atomic E-state index is 12.3. The number of alkyl halides is 1. The summed E-state index contributed by atoms with van der Waals surface area (Å²) in [5, 5.41) is 10.6. The standard InChI is InChI=1S/C17H20ClNO3/c1-12(17(11-20)5-6-17)19(16(21)9-18)10-13-2-3-15-14(8-13)4-7-22-15/h2-4,7-8,12,20H,5-6,9-11H2,1H3. The first-order valence-electron chi connectivity index (χ1n) is 7.52. The summed E-state index contributed by atoms with van der Waals surface area (Å²) >= 11 is 5.78. The van der Waals surface area contributed by atoms with Gasteiger partial charge in [0, 0.05) is 23.4 Å². The summed E-state index contributed by atoms with van der Waals surface area (Å²) < 4.78 is 5.34. The molecule has 5 heteroatoms. The van der Waals surface area contributed by atoms with E-state index >= 15 is 0 Å². The van der Waals surface area contributed by atoms with Crippen LogP contribution in [0.15, 0.2) is 34.9 Å². The number of aliphatic hydroxyl groups is 1. The van der Waals surface area contributed by atoms with Crippen LogP contribution >= 0.6 is 11.6 Å². The molecule has 3 rings (SSSR count). The first kappa shape index (κ1) is 15.4. The molecule has 1 atom stereocenters. The van der Waals surface area contributed by atoms with Crippen LogP contribution in [0.3, 0.4) is 0 Å². The molecular formula is C17H20ClNO3. The first-order valence-corrected chi connectivity index (χ1v) is 8.05. The van der Waals surface area contributed by atoms with Crippen LogP contribution in [0.25, 0.3) is 11.0 Å². The number of aliphatic hydroxyl groups excluding tert-OH is 1. The highest BCUT2D eigenvalue weighted by atomic mass is 35.5. The van der Waals surface area contributed by atoms with Crippen molar-refractivity contribution < 1.29 is 14.3 Å². The fraction of sp³-hybridized carbons (Fsp3) is 0.471. The maximum absolute atomic E-state index is 12.3. The summed E-state index contributed by atoms with van der Waals surface area (Å²) in [6, 6.07) is 7.79. The largest absolute Gasteiger partial charge is 0.464 e. The Balaban J connectivity index is 1.84. The van der Waals surface area contributed by atoms with E-state index < -0.39 is 0 Å². The van der Waals surface area contributed by atoms with Gasteiger partial charge >= 0.3 is 0 Å². The Hall–Kier alpha value is -1.52. The second-order valence-corrected chi connectivity index (χ2v) is 6.41. The van der Waals surface area contributed by atoms with Gasteiger partial charge in [-0.05, 0) is 43.5 Å². The van der Waals surface area contributed by atoms with E-state index in [0.717, 1.165) is 29.4 Å². The van der Waals surface area contributed by atoms with Crippen molar-refractivity contribution in [2.75, 3.05) is 12.5 Å². The van der Waals surface area contributed by atoms with E-state index in [1.54, 1.807) is 11.2 Å². The molecule has 22 heavy (non-hydrogen) atoms. The van der Waals surface area contributed by atoms with Crippen LogP contribution in [0.2, 0.25) is 0 Å². The molecule has 0 saturated heterocycles. The van der Waals surface area contributed by atoms with E-state index in [4.69, 9.17) is 16.0 Å². The van der Waals surface area contributed by atoms with Crippen molar-refractivity contribution in [1.29, 1.82) is 0 Å². The third-order valence-corrected chi connectivity index (χ3v) is 5.09. The molecule has 1 heterocycles. The fourth-order valence-corrected chi connectivity index (χ4v) is 3.18. The quantitative estimate of drug-likeness (QED) is 0.831. The molecule has 1 amide bonds. The van der Waals surface area contributed by atoms with Crippen molar-refractivity contribution in [3.8, 4) is 0 Å². The zero-order chi connectivity index (χ0) is 15.7. The van der Waals surface area contributed by atoms with Crippen LogP contribution in [0.1, 0.15) is 25.3 Å². The van der Waals surface area contributed by atoms with Gasteiger partial charge in [-0.2, -0.15) is 0 Å². The molecule has 1 aromatic carbocycles. The van der Waals surface area contributed by atoms with Crippen LogP contribution in [0.5, 0.6) is 0 Å². The van der Waals surface area contributed by atoms with Gasteiger partial charge in [0.1, 0.15) is 11.5 Å². The van der Waals surface area contributed by atoms with Crippen LogP contribution in [0, 0.1) is 5.41 Å². The molecule has 1 fully saturated rings. The summed E-state index contributed by atoms with van der Waals surface area (Å²) in [4.78, 5) is 14.0. The van der Waals surface area contributed by atoms with Gasteiger partial charge in [0.25, 0.3) is 0 Å². The van der Waals surface area contributed by atoms with Gasteiger partial charge in [-0.3, -0.25) is 4.79 Å². The number of furan rings is 1. The fourth-order valence-electron chi connectivity index (χ4n) is 3.03. The molecule has 1 aliphatic carbocycles. The molecule has 2 aromatic rings. The van der Waals surface area contributed by atoms with Crippen LogP contribution in [-0.2, 0) is 11.3 Å². The highest BCUT2D eigenvalue weighted by Gasteiger charge is 2.49. The van der Waals surface area contributed by atoms with E-state index in [1.807, 2.05) is 31.2 Å². The van der Waals surface area contributed by atoms with Gasteiger partial charge in [0.05, 0.1) is 12.9 Å². The summed E-state index contributed by atoms with van der Waals surface area (Å²) in [6.45, 7) is 2.61. The van der Waals surface area contributed by atoms with Crippen molar-refractivity contribution in [3.63, 3.8) is 0 Å². The number of hydrogen-bond donors (Lipinski definition) is 1. The Kier molecular flexibility index (Phi) is 4.15. The van der Waals surface area contributed by atoms with Gasteiger partial charge in [-0.25, -0.2) is 0 Å². The third-order valence-electron chi connectivity index (χ3n) is 4.87. The molecular weight excluding hydrogens is 302 g/mol. The van der Waals surface area contributed by atoms with Crippen molar-refractivity contribution in [2.45, 2.75) is 32.4 Å². The Morgan fingerprint density at radius 2 is 2.23 bits per heavy atom. The lowest BCUT2D eigenvalue weighted by atomic mass is 9.96. The number of hydrogen-bond acceptors (Lipinski definition) is 3. The number of rotatable bonds is 6. The van der Waals surface area contributed by atoms with E-state index in [2.05, 4.69) is 0 Å². The second-order valence-electron chi connectivity index (χ2n) is 6.14. The van der Waals surface area contributed by atoms with Crippen molar-refractivity contribution >= 4 is 28.5 Å². The summed E-state index contributed by atoms with van der Waals surface area (Å²) in [5.74, 6) is -0.138. The highest BCUT2D eigenvalue weighted by Crippen LogP contribution is 2.50. The summed E-state index contributed by atoms with van der Waals surface area (Å²) in [6.07, 6.45) is 3.57. The molecule has 118 valence electrons. The lowest BCUT2D eigenvalue weighted by Gasteiger charge is -2.34. The van der Waals surface area contributed by atoms with E-state index in [0.29, 0.717) is 6.54 Å². The number of nitrogens with zero attached hydrogens (tertiary/aromatic N) is 1. The maximum Gasteiger partial charge on any atom is 0.238 e. The van der Waals surface area contributed by atoms with Gasteiger partial charge < -0.3 is 14.4 Å². The molecule has 1 aromatic heterocycles. The number of carbonyl (C=O) groups excluding carboxylic acids is 1. The minimum atomic E-state index is -0.151. The third kappa shape index (κ3) is 2.73. The Bertz CT molecular complexity index is 677. The number of benzene rings is 1. The molecule has 1 unspecified atom stereocenters. The second kappa shape index (κ2) is 5.94.